The van der Waals surface area contributed by atoms with Crippen molar-refractivity contribution in [1.82, 2.24) is 4.90 Å². The van der Waals surface area contributed by atoms with Gasteiger partial charge in [0.05, 0.1) is 0 Å². The third-order valence-corrected chi connectivity index (χ3v) is 4.05. The van der Waals surface area contributed by atoms with Gasteiger partial charge in [-0.15, -0.1) is 0 Å². The Hall–Kier alpha value is -0.530. The number of carbonyl (C=O) groups is 1. The van der Waals surface area contributed by atoms with Gasteiger partial charge in [0.1, 0.15) is 0 Å². The molecule has 0 N–H and O–H groups in total. The molecule has 0 aromatic heterocycles. The molecule has 0 aromatic rings. The molecule has 0 heterocycles. The number of fused-ring (bicyclic) bond motifs is 2. The number of amides is 1. The molecule has 13 heavy (non-hydrogen) atoms. The first-order valence-corrected chi connectivity index (χ1v) is 5.26. The Kier molecular flexibility index (Phi) is 1.90. The van der Waals surface area contributed by atoms with Crippen molar-refractivity contribution in [1.29, 1.82) is 0 Å². The molecule has 2 aliphatic carbocycles. The van der Waals surface area contributed by atoms with Crippen LogP contribution in [0.3, 0.4) is 0 Å². The molecule has 2 nitrogen and oxygen atoms in total. The molecule has 0 saturated heterocycles. The molecule has 0 aliphatic heterocycles. The van der Waals surface area contributed by atoms with Crippen molar-refractivity contribution in [2.24, 2.45) is 17.3 Å². The van der Waals surface area contributed by atoms with Gasteiger partial charge in [-0.3, -0.25) is 4.79 Å². The molecule has 1 amide bonds. The van der Waals surface area contributed by atoms with E-state index in [0.29, 0.717) is 11.8 Å². The fourth-order valence-electron chi connectivity index (χ4n) is 3.38. The smallest absolute Gasteiger partial charge is 0.228 e. The summed E-state index contributed by atoms with van der Waals surface area (Å²) in [5.74, 6) is 1.87. The molecule has 74 valence electrons. The van der Waals surface area contributed by atoms with Crippen LogP contribution in [-0.2, 0) is 4.79 Å². The molecule has 0 aromatic carbocycles. The van der Waals surface area contributed by atoms with E-state index in [-0.39, 0.29) is 5.41 Å². The Bertz CT molecular complexity index is 236. The molecule has 0 unspecified atom stereocenters. The van der Waals surface area contributed by atoms with Crippen molar-refractivity contribution in [2.45, 2.75) is 32.6 Å². The minimum atomic E-state index is -0.0214. The first kappa shape index (κ1) is 9.04. The van der Waals surface area contributed by atoms with E-state index < -0.39 is 0 Å². The lowest BCUT2D eigenvalue weighted by Gasteiger charge is -2.34. The topological polar surface area (TPSA) is 20.3 Å². The van der Waals surface area contributed by atoms with Crippen LogP contribution in [-0.4, -0.2) is 24.9 Å². The Labute approximate surface area is 80.3 Å². The van der Waals surface area contributed by atoms with E-state index >= 15 is 0 Å². The normalized spacial score (nSPS) is 42.4. The van der Waals surface area contributed by atoms with Crippen molar-refractivity contribution in [3.05, 3.63) is 0 Å². The van der Waals surface area contributed by atoms with E-state index in [4.69, 9.17) is 0 Å². The highest BCUT2D eigenvalue weighted by Gasteiger charge is 2.52. The van der Waals surface area contributed by atoms with Crippen molar-refractivity contribution >= 4 is 5.91 Å². The minimum Gasteiger partial charge on any atom is -0.348 e. The second kappa shape index (κ2) is 2.73. The maximum atomic E-state index is 12.0. The van der Waals surface area contributed by atoms with Crippen molar-refractivity contribution in [3.63, 3.8) is 0 Å². The maximum absolute atomic E-state index is 12.0. The maximum Gasteiger partial charge on any atom is 0.228 e. The van der Waals surface area contributed by atoms with Gasteiger partial charge in [0.15, 0.2) is 0 Å². The molecule has 2 saturated carbocycles. The average Bonchev–Trinajstić information content (AvgIpc) is 2.62. The third kappa shape index (κ3) is 1.18. The largest absolute Gasteiger partial charge is 0.348 e. The van der Waals surface area contributed by atoms with E-state index in [0.717, 1.165) is 12.3 Å². The fraction of sp³-hybridized carbons (Fsp3) is 0.909. The summed E-state index contributed by atoms with van der Waals surface area (Å²) >= 11 is 0. The van der Waals surface area contributed by atoms with Crippen LogP contribution in [0.25, 0.3) is 0 Å². The second-order valence-electron chi connectivity index (χ2n) is 5.20. The summed E-state index contributed by atoms with van der Waals surface area (Å²) in [4.78, 5) is 13.7. The Balaban J connectivity index is 2.18. The lowest BCUT2D eigenvalue weighted by molar-refractivity contribution is -0.141. The van der Waals surface area contributed by atoms with Gasteiger partial charge < -0.3 is 4.90 Å². The van der Waals surface area contributed by atoms with Gasteiger partial charge in [-0.25, -0.2) is 0 Å². The van der Waals surface area contributed by atoms with Crippen molar-refractivity contribution in [2.75, 3.05) is 14.1 Å². The van der Waals surface area contributed by atoms with Gasteiger partial charge in [-0.1, -0.05) is 13.3 Å². The summed E-state index contributed by atoms with van der Waals surface area (Å²) in [6.45, 7) is 2.17. The zero-order valence-corrected chi connectivity index (χ0v) is 8.84. The number of nitrogens with zero attached hydrogens (tertiary/aromatic N) is 1. The van der Waals surface area contributed by atoms with Gasteiger partial charge in [0.25, 0.3) is 0 Å². The lowest BCUT2D eigenvalue weighted by atomic mass is 9.74. The SMILES string of the molecule is CN(C)C(=O)[C@]1(C)C[C@H]2CC[C@@H]1C2. The summed E-state index contributed by atoms with van der Waals surface area (Å²) in [5.41, 5.74) is -0.0214. The summed E-state index contributed by atoms with van der Waals surface area (Å²) < 4.78 is 0. The van der Waals surface area contributed by atoms with Crippen LogP contribution in [0.5, 0.6) is 0 Å². The molecule has 3 atom stereocenters. The number of hydrogen-bond acceptors (Lipinski definition) is 1. The van der Waals surface area contributed by atoms with Gasteiger partial charge in [0.2, 0.25) is 5.91 Å². The second-order valence-corrected chi connectivity index (χ2v) is 5.20. The lowest BCUT2D eigenvalue weighted by Crippen LogP contribution is -2.41. The van der Waals surface area contributed by atoms with Gasteiger partial charge in [-0.05, 0) is 31.1 Å². The van der Waals surface area contributed by atoms with Crippen LogP contribution in [0.2, 0.25) is 0 Å². The predicted molar refractivity (Wildman–Crippen MR) is 52.2 cm³/mol. The first-order chi connectivity index (χ1) is 6.04. The minimum absolute atomic E-state index is 0.0214. The molecule has 2 rings (SSSR count). The average molecular weight is 181 g/mol. The molecule has 0 spiro atoms. The van der Waals surface area contributed by atoms with Gasteiger partial charge in [-0.2, -0.15) is 0 Å². The highest BCUT2D eigenvalue weighted by molar-refractivity contribution is 5.82. The van der Waals surface area contributed by atoms with Crippen molar-refractivity contribution in [3.8, 4) is 0 Å². The summed E-state index contributed by atoms with van der Waals surface area (Å²) in [6.07, 6.45) is 5.08. The van der Waals surface area contributed by atoms with Crippen LogP contribution in [0.4, 0.5) is 0 Å². The van der Waals surface area contributed by atoms with Gasteiger partial charge in [0, 0.05) is 19.5 Å². The molecular weight excluding hydrogens is 162 g/mol. The summed E-state index contributed by atoms with van der Waals surface area (Å²) in [6, 6.07) is 0. The van der Waals surface area contributed by atoms with Crippen LogP contribution in [0.15, 0.2) is 0 Å². The number of rotatable bonds is 1. The van der Waals surface area contributed by atoms with E-state index in [1.807, 2.05) is 14.1 Å². The number of carbonyl (C=O) groups excluding carboxylic acids is 1. The summed E-state index contributed by atoms with van der Waals surface area (Å²) in [7, 11) is 3.75. The zero-order valence-electron chi connectivity index (χ0n) is 8.84. The Morgan fingerprint density at radius 3 is 2.46 bits per heavy atom. The van der Waals surface area contributed by atoms with E-state index in [9.17, 15) is 4.79 Å². The van der Waals surface area contributed by atoms with Crippen molar-refractivity contribution < 1.29 is 4.79 Å². The van der Waals surface area contributed by atoms with E-state index in [1.165, 1.54) is 19.3 Å². The molecule has 2 heteroatoms. The predicted octanol–water partition coefficient (Wildman–Crippen LogP) is 1.90. The highest BCUT2D eigenvalue weighted by Crippen LogP contribution is 2.56. The number of hydrogen-bond donors (Lipinski definition) is 0. The molecule has 2 fully saturated rings. The Morgan fingerprint density at radius 1 is 1.38 bits per heavy atom. The zero-order chi connectivity index (χ0) is 9.64. The fourth-order valence-corrected chi connectivity index (χ4v) is 3.38. The molecule has 2 bridgehead atoms. The standard InChI is InChI=1S/C11H19NO/c1-11(10(13)12(2)3)7-8-4-5-9(11)6-8/h8-9H,4-7H2,1-3H3/t8-,9+,11+/m0/s1. The van der Waals surface area contributed by atoms with Crippen LogP contribution in [0.1, 0.15) is 32.6 Å². The monoisotopic (exact) mass is 181 g/mol. The van der Waals surface area contributed by atoms with Gasteiger partial charge >= 0.3 is 0 Å². The van der Waals surface area contributed by atoms with Crippen LogP contribution >= 0.6 is 0 Å². The third-order valence-electron chi connectivity index (χ3n) is 4.05. The van der Waals surface area contributed by atoms with E-state index in [1.54, 1.807) is 4.90 Å². The molecule has 2 aliphatic rings. The molecular formula is C11H19NO. The highest BCUT2D eigenvalue weighted by atomic mass is 16.2. The quantitative estimate of drug-likeness (QED) is 0.605. The first-order valence-electron chi connectivity index (χ1n) is 5.26. The van der Waals surface area contributed by atoms with E-state index in [2.05, 4.69) is 6.92 Å². The Morgan fingerprint density at radius 2 is 2.08 bits per heavy atom. The summed E-state index contributed by atoms with van der Waals surface area (Å²) in [5, 5.41) is 0. The molecule has 0 radical (unpaired) electrons. The van der Waals surface area contributed by atoms with Crippen LogP contribution < -0.4 is 0 Å². The van der Waals surface area contributed by atoms with Crippen LogP contribution in [0, 0.1) is 17.3 Å².